The third-order valence-electron chi connectivity index (χ3n) is 2.94. The Balaban J connectivity index is 2.15. The van der Waals surface area contributed by atoms with E-state index in [0.29, 0.717) is 6.54 Å². The van der Waals surface area contributed by atoms with Crippen molar-refractivity contribution in [1.82, 2.24) is 15.1 Å². The average Bonchev–Trinajstić information content (AvgIpc) is 2.28. The molecule has 0 aromatic carbocycles. The van der Waals surface area contributed by atoms with Gasteiger partial charge in [-0.05, 0) is 13.0 Å². The normalized spacial score (nSPS) is 19.1. The summed E-state index contributed by atoms with van der Waals surface area (Å²) in [5, 5.41) is 2.66. The highest BCUT2D eigenvalue weighted by Crippen LogP contribution is 2.02. The van der Waals surface area contributed by atoms with Crippen LogP contribution in [0.1, 0.15) is 19.8 Å². The van der Waals surface area contributed by atoms with Gasteiger partial charge in [0, 0.05) is 33.2 Å². The lowest BCUT2D eigenvalue weighted by atomic mass is 10.2. The van der Waals surface area contributed by atoms with E-state index in [-0.39, 0.29) is 5.91 Å². The highest BCUT2D eigenvalue weighted by molar-refractivity contribution is 5.77. The summed E-state index contributed by atoms with van der Waals surface area (Å²) in [6.07, 6.45) is 2.55. The Morgan fingerprint density at radius 1 is 1.20 bits per heavy atom. The first kappa shape index (κ1) is 12.5. The summed E-state index contributed by atoms with van der Waals surface area (Å²) in [4.78, 5) is 15.9. The van der Waals surface area contributed by atoms with Crippen molar-refractivity contribution >= 4 is 5.91 Å². The third kappa shape index (κ3) is 4.62. The summed E-state index contributed by atoms with van der Waals surface area (Å²) in [5.74, 6) is 0.122. The van der Waals surface area contributed by atoms with Crippen molar-refractivity contribution in [2.24, 2.45) is 0 Å². The van der Waals surface area contributed by atoms with Gasteiger partial charge < -0.3 is 10.2 Å². The predicted octanol–water partition coefficient (Wildman–Crippen LogP) is 0.150. The zero-order chi connectivity index (χ0) is 11.1. The van der Waals surface area contributed by atoms with Crippen LogP contribution in [0.2, 0.25) is 0 Å². The second-order valence-electron chi connectivity index (χ2n) is 4.14. The van der Waals surface area contributed by atoms with Crippen LogP contribution in [0.5, 0.6) is 0 Å². The van der Waals surface area contributed by atoms with E-state index in [2.05, 4.69) is 22.0 Å². The molecule has 1 rings (SSSR count). The number of carbonyl (C=O) groups is 1. The minimum Gasteiger partial charge on any atom is -0.358 e. The number of unbranched alkanes of at least 4 members (excludes halogenated alkanes) is 1. The molecule has 15 heavy (non-hydrogen) atoms. The number of hydrogen-bond donors (Lipinski definition) is 1. The average molecular weight is 213 g/mol. The van der Waals surface area contributed by atoms with Crippen LogP contribution >= 0.6 is 0 Å². The van der Waals surface area contributed by atoms with Crippen molar-refractivity contribution in [3.05, 3.63) is 0 Å². The Bertz CT molecular complexity index is 188. The Morgan fingerprint density at radius 3 is 2.33 bits per heavy atom. The lowest BCUT2D eigenvalue weighted by Gasteiger charge is -2.34. The van der Waals surface area contributed by atoms with E-state index in [0.717, 1.165) is 26.2 Å². The first-order valence-electron chi connectivity index (χ1n) is 5.91. The highest BCUT2D eigenvalue weighted by atomic mass is 16.1. The molecule has 4 nitrogen and oxygen atoms in total. The van der Waals surface area contributed by atoms with Crippen LogP contribution in [-0.4, -0.2) is 62.0 Å². The van der Waals surface area contributed by atoms with Gasteiger partial charge in [0.2, 0.25) is 5.91 Å². The van der Waals surface area contributed by atoms with Crippen molar-refractivity contribution in [3.8, 4) is 0 Å². The largest absolute Gasteiger partial charge is 0.358 e. The molecule has 0 atom stereocenters. The molecule has 1 amide bonds. The van der Waals surface area contributed by atoms with E-state index < -0.39 is 0 Å². The van der Waals surface area contributed by atoms with E-state index in [1.165, 1.54) is 19.4 Å². The van der Waals surface area contributed by atoms with Gasteiger partial charge >= 0.3 is 0 Å². The Labute approximate surface area is 92.6 Å². The maximum Gasteiger partial charge on any atom is 0.233 e. The van der Waals surface area contributed by atoms with Gasteiger partial charge in [-0.3, -0.25) is 9.69 Å². The summed E-state index contributed by atoms with van der Waals surface area (Å²) >= 11 is 0. The van der Waals surface area contributed by atoms with E-state index in [1.54, 1.807) is 7.05 Å². The van der Waals surface area contributed by atoms with E-state index in [1.807, 2.05) is 0 Å². The molecule has 0 unspecified atom stereocenters. The maximum absolute atomic E-state index is 11.2. The summed E-state index contributed by atoms with van der Waals surface area (Å²) in [7, 11) is 1.69. The molecular formula is C11H23N3O. The Hall–Kier alpha value is -0.610. The number of likely N-dealkylation sites (N-methyl/N-ethyl adjacent to an activating group) is 1. The first-order chi connectivity index (χ1) is 7.26. The van der Waals surface area contributed by atoms with E-state index in [4.69, 9.17) is 0 Å². The fraction of sp³-hybridized carbons (Fsp3) is 0.909. The van der Waals surface area contributed by atoms with Crippen LogP contribution in [0.4, 0.5) is 0 Å². The Kier molecular flexibility index (Phi) is 5.65. The number of amides is 1. The van der Waals surface area contributed by atoms with E-state index in [9.17, 15) is 4.79 Å². The summed E-state index contributed by atoms with van der Waals surface area (Å²) in [6, 6.07) is 0. The fourth-order valence-corrected chi connectivity index (χ4v) is 1.83. The van der Waals surface area contributed by atoms with Gasteiger partial charge in [0.1, 0.15) is 0 Å². The number of hydrogen-bond acceptors (Lipinski definition) is 3. The zero-order valence-electron chi connectivity index (χ0n) is 9.96. The van der Waals surface area contributed by atoms with Gasteiger partial charge in [0.25, 0.3) is 0 Å². The number of nitrogens with zero attached hydrogens (tertiary/aromatic N) is 2. The van der Waals surface area contributed by atoms with Gasteiger partial charge in [0.15, 0.2) is 0 Å². The van der Waals surface area contributed by atoms with Crippen molar-refractivity contribution in [1.29, 1.82) is 0 Å². The summed E-state index contributed by atoms with van der Waals surface area (Å²) < 4.78 is 0. The lowest BCUT2D eigenvalue weighted by molar-refractivity contribution is -0.122. The number of rotatable bonds is 5. The van der Waals surface area contributed by atoms with Crippen LogP contribution in [0.15, 0.2) is 0 Å². The van der Waals surface area contributed by atoms with Crippen LogP contribution in [-0.2, 0) is 4.79 Å². The first-order valence-corrected chi connectivity index (χ1v) is 5.91. The molecule has 0 saturated carbocycles. The second kappa shape index (κ2) is 6.80. The summed E-state index contributed by atoms with van der Waals surface area (Å²) in [5.41, 5.74) is 0. The minimum absolute atomic E-state index is 0.122. The topological polar surface area (TPSA) is 35.6 Å². The number of piperazine rings is 1. The SMILES string of the molecule is CCCCN1CCN(CC(=O)NC)CC1. The van der Waals surface area contributed by atoms with Gasteiger partial charge in [-0.1, -0.05) is 13.3 Å². The molecule has 1 fully saturated rings. The van der Waals surface area contributed by atoms with Crippen molar-refractivity contribution in [2.45, 2.75) is 19.8 Å². The zero-order valence-corrected chi connectivity index (χ0v) is 9.96. The van der Waals surface area contributed by atoms with Crippen LogP contribution < -0.4 is 5.32 Å². The van der Waals surface area contributed by atoms with Crippen LogP contribution in [0.25, 0.3) is 0 Å². The third-order valence-corrected chi connectivity index (χ3v) is 2.94. The molecule has 0 aromatic rings. The molecule has 4 heteroatoms. The molecule has 0 aliphatic carbocycles. The quantitative estimate of drug-likeness (QED) is 0.706. The number of carbonyl (C=O) groups excluding carboxylic acids is 1. The van der Waals surface area contributed by atoms with Gasteiger partial charge in [-0.25, -0.2) is 0 Å². The number of nitrogens with one attached hydrogen (secondary N) is 1. The molecule has 1 saturated heterocycles. The molecule has 0 radical (unpaired) electrons. The highest BCUT2D eigenvalue weighted by Gasteiger charge is 2.17. The summed E-state index contributed by atoms with van der Waals surface area (Å²) in [6.45, 7) is 8.26. The fourth-order valence-electron chi connectivity index (χ4n) is 1.83. The molecule has 1 heterocycles. The molecule has 0 spiro atoms. The lowest BCUT2D eigenvalue weighted by Crippen LogP contribution is -2.49. The minimum atomic E-state index is 0.122. The smallest absolute Gasteiger partial charge is 0.233 e. The van der Waals surface area contributed by atoms with Gasteiger partial charge in [-0.15, -0.1) is 0 Å². The molecule has 1 N–H and O–H groups in total. The monoisotopic (exact) mass is 213 g/mol. The van der Waals surface area contributed by atoms with Crippen molar-refractivity contribution < 1.29 is 4.79 Å². The standard InChI is InChI=1S/C11H23N3O/c1-3-4-5-13-6-8-14(9-7-13)10-11(15)12-2/h3-10H2,1-2H3,(H,12,15). The molecule has 88 valence electrons. The van der Waals surface area contributed by atoms with Crippen LogP contribution in [0, 0.1) is 0 Å². The molecule has 0 bridgehead atoms. The van der Waals surface area contributed by atoms with E-state index >= 15 is 0 Å². The maximum atomic E-state index is 11.2. The van der Waals surface area contributed by atoms with Gasteiger partial charge in [-0.2, -0.15) is 0 Å². The van der Waals surface area contributed by atoms with Gasteiger partial charge in [0.05, 0.1) is 6.54 Å². The van der Waals surface area contributed by atoms with Crippen molar-refractivity contribution in [2.75, 3.05) is 46.3 Å². The molecule has 1 aliphatic rings. The molecular weight excluding hydrogens is 190 g/mol. The van der Waals surface area contributed by atoms with Crippen molar-refractivity contribution in [3.63, 3.8) is 0 Å². The predicted molar refractivity (Wildman–Crippen MR) is 61.9 cm³/mol. The molecule has 0 aromatic heterocycles. The molecule has 1 aliphatic heterocycles. The Morgan fingerprint density at radius 2 is 1.80 bits per heavy atom. The second-order valence-corrected chi connectivity index (χ2v) is 4.14. The van der Waals surface area contributed by atoms with Crippen LogP contribution in [0.3, 0.4) is 0 Å².